The molecule has 1 nitrogen and oxygen atoms in total. The van der Waals surface area contributed by atoms with Crippen molar-refractivity contribution < 1.29 is 0 Å². The van der Waals surface area contributed by atoms with Gasteiger partial charge < -0.3 is 5.32 Å². The summed E-state index contributed by atoms with van der Waals surface area (Å²) >= 11 is 12.3. The lowest BCUT2D eigenvalue weighted by atomic mass is 10.0. The summed E-state index contributed by atoms with van der Waals surface area (Å²) in [5.74, 6) is 0. The summed E-state index contributed by atoms with van der Waals surface area (Å²) in [6, 6.07) is 14.5. The van der Waals surface area contributed by atoms with Crippen molar-refractivity contribution in [1.29, 1.82) is 0 Å². The van der Waals surface area contributed by atoms with E-state index in [4.69, 9.17) is 23.2 Å². The second-order valence-corrected chi connectivity index (χ2v) is 6.03. The van der Waals surface area contributed by atoms with Crippen molar-refractivity contribution in [3.8, 4) is 0 Å². The predicted molar refractivity (Wildman–Crippen MR) is 87.6 cm³/mol. The first-order valence-corrected chi connectivity index (χ1v) is 7.50. The Bertz CT molecular complexity index is 578. The quantitative estimate of drug-likeness (QED) is 0.762. The van der Waals surface area contributed by atoms with E-state index >= 15 is 0 Å². The van der Waals surface area contributed by atoms with Crippen molar-refractivity contribution in [2.24, 2.45) is 0 Å². The minimum Gasteiger partial charge on any atom is -0.304 e. The summed E-state index contributed by atoms with van der Waals surface area (Å²) in [4.78, 5) is 0. The maximum absolute atomic E-state index is 6.24. The standard InChI is InChI=1S/C17H19Cl2N/c1-11-4-6-14(7-5-11)12(2)20-13(3)16-10-15(18)8-9-17(16)19/h4-10,12-13,20H,1-3H3/t12-,13?/m1/s1. The number of halogens is 2. The third-order valence-corrected chi connectivity index (χ3v) is 4.08. The lowest BCUT2D eigenvalue weighted by Gasteiger charge is -2.22. The molecule has 0 bridgehead atoms. The molecule has 0 aliphatic carbocycles. The average Bonchev–Trinajstić information content (AvgIpc) is 2.42. The average molecular weight is 308 g/mol. The van der Waals surface area contributed by atoms with E-state index in [1.165, 1.54) is 11.1 Å². The third-order valence-electron chi connectivity index (χ3n) is 3.50. The highest BCUT2D eigenvalue weighted by Gasteiger charge is 2.14. The Morgan fingerprint density at radius 3 is 2.20 bits per heavy atom. The van der Waals surface area contributed by atoms with Crippen molar-refractivity contribution in [2.75, 3.05) is 0 Å². The number of hydrogen-bond donors (Lipinski definition) is 1. The zero-order valence-corrected chi connectivity index (χ0v) is 13.5. The van der Waals surface area contributed by atoms with Crippen molar-refractivity contribution in [2.45, 2.75) is 32.9 Å². The largest absolute Gasteiger partial charge is 0.304 e. The molecule has 20 heavy (non-hydrogen) atoms. The highest BCUT2D eigenvalue weighted by Crippen LogP contribution is 2.28. The molecular weight excluding hydrogens is 289 g/mol. The van der Waals surface area contributed by atoms with E-state index in [9.17, 15) is 0 Å². The number of aryl methyl sites for hydroxylation is 1. The Balaban J connectivity index is 2.12. The molecule has 2 rings (SSSR count). The lowest BCUT2D eigenvalue weighted by molar-refractivity contribution is 0.495. The minimum absolute atomic E-state index is 0.137. The summed E-state index contributed by atoms with van der Waals surface area (Å²) in [5.41, 5.74) is 3.56. The fourth-order valence-electron chi connectivity index (χ4n) is 2.26. The van der Waals surface area contributed by atoms with Gasteiger partial charge in [0.2, 0.25) is 0 Å². The van der Waals surface area contributed by atoms with Crippen LogP contribution in [0, 0.1) is 6.92 Å². The highest BCUT2D eigenvalue weighted by atomic mass is 35.5. The van der Waals surface area contributed by atoms with Crippen LogP contribution in [0.1, 0.15) is 42.6 Å². The van der Waals surface area contributed by atoms with Crippen molar-refractivity contribution >= 4 is 23.2 Å². The summed E-state index contributed by atoms with van der Waals surface area (Å²) in [5, 5.41) is 5.01. The topological polar surface area (TPSA) is 12.0 Å². The van der Waals surface area contributed by atoms with E-state index in [-0.39, 0.29) is 12.1 Å². The van der Waals surface area contributed by atoms with E-state index in [2.05, 4.69) is 50.4 Å². The molecule has 3 heteroatoms. The Kier molecular flexibility index (Phi) is 5.09. The molecule has 0 spiro atoms. The summed E-state index contributed by atoms with van der Waals surface area (Å²) in [7, 11) is 0. The first-order chi connectivity index (χ1) is 9.47. The van der Waals surface area contributed by atoms with E-state index in [1.807, 2.05) is 18.2 Å². The highest BCUT2D eigenvalue weighted by molar-refractivity contribution is 6.33. The predicted octanol–water partition coefficient (Wildman–Crippen LogP) is 5.71. The van der Waals surface area contributed by atoms with Crippen LogP contribution in [0.5, 0.6) is 0 Å². The van der Waals surface area contributed by atoms with Crippen LogP contribution in [-0.4, -0.2) is 0 Å². The molecule has 0 saturated carbocycles. The van der Waals surface area contributed by atoms with Crippen molar-refractivity contribution in [3.63, 3.8) is 0 Å². The van der Waals surface area contributed by atoms with Gasteiger partial charge in [0.15, 0.2) is 0 Å². The third kappa shape index (κ3) is 3.76. The Morgan fingerprint density at radius 1 is 0.900 bits per heavy atom. The summed E-state index contributed by atoms with van der Waals surface area (Å²) in [6.07, 6.45) is 0. The Labute approximate surface area is 130 Å². The van der Waals surface area contributed by atoms with Crippen LogP contribution >= 0.6 is 23.2 Å². The molecule has 0 aromatic heterocycles. The fraction of sp³-hybridized carbons (Fsp3) is 0.294. The summed E-state index contributed by atoms with van der Waals surface area (Å²) in [6.45, 7) is 6.35. The van der Waals surface area contributed by atoms with Crippen molar-refractivity contribution in [3.05, 3.63) is 69.2 Å². The second-order valence-electron chi connectivity index (χ2n) is 5.19. The van der Waals surface area contributed by atoms with Gasteiger partial charge in [0.25, 0.3) is 0 Å². The van der Waals surface area contributed by atoms with Crippen LogP contribution in [0.15, 0.2) is 42.5 Å². The first kappa shape index (κ1) is 15.4. The zero-order chi connectivity index (χ0) is 14.7. The van der Waals surface area contributed by atoms with E-state index in [1.54, 1.807) is 0 Å². The molecule has 0 radical (unpaired) electrons. The molecule has 106 valence electrons. The van der Waals surface area contributed by atoms with Crippen LogP contribution in [0.2, 0.25) is 10.0 Å². The Hall–Kier alpha value is -1.02. The van der Waals surface area contributed by atoms with Crippen molar-refractivity contribution in [1.82, 2.24) is 5.32 Å². The second kappa shape index (κ2) is 6.62. The molecule has 0 aliphatic heterocycles. The SMILES string of the molecule is Cc1ccc([C@@H](C)NC(C)c2cc(Cl)ccc2Cl)cc1. The van der Waals surface area contributed by atoms with Gasteiger partial charge in [-0.15, -0.1) is 0 Å². The van der Waals surface area contributed by atoms with Gasteiger partial charge in [-0.1, -0.05) is 53.0 Å². The normalized spacial score (nSPS) is 14.1. The van der Waals surface area contributed by atoms with E-state index in [0.29, 0.717) is 5.02 Å². The number of benzene rings is 2. The number of nitrogens with one attached hydrogen (secondary N) is 1. The fourth-order valence-corrected chi connectivity index (χ4v) is 2.72. The van der Waals surface area contributed by atoms with Gasteiger partial charge >= 0.3 is 0 Å². The molecule has 0 heterocycles. The van der Waals surface area contributed by atoms with Crippen LogP contribution in [0.25, 0.3) is 0 Å². The lowest BCUT2D eigenvalue weighted by Crippen LogP contribution is -2.22. The van der Waals surface area contributed by atoms with Gasteiger partial charge in [-0.3, -0.25) is 0 Å². The summed E-state index contributed by atoms with van der Waals surface area (Å²) < 4.78 is 0. The van der Waals surface area contributed by atoms with E-state index in [0.717, 1.165) is 10.6 Å². The van der Waals surface area contributed by atoms with Gasteiger partial charge in [0, 0.05) is 22.1 Å². The molecule has 1 N–H and O–H groups in total. The molecule has 2 atom stereocenters. The zero-order valence-electron chi connectivity index (χ0n) is 12.0. The molecule has 0 amide bonds. The molecule has 2 aromatic carbocycles. The van der Waals surface area contributed by atoms with Crippen LogP contribution in [-0.2, 0) is 0 Å². The molecule has 0 saturated heterocycles. The number of hydrogen-bond acceptors (Lipinski definition) is 1. The smallest absolute Gasteiger partial charge is 0.0454 e. The monoisotopic (exact) mass is 307 g/mol. The van der Waals surface area contributed by atoms with E-state index < -0.39 is 0 Å². The molecule has 1 unspecified atom stereocenters. The number of rotatable bonds is 4. The van der Waals surface area contributed by atoms with Crippen LogP contribution < -0.4 is 5.32 Å². The molecular formula is C17H19Cl2N. The molecule has 0 aliphatic rings. The maximum Gasteiger partial charge on any atom is 0.0454 e. The minimum atomic E-state index is 0.137. The van der Waals surface area contributed by atoms with Gasteiger partial charge in [-0.05, 0) is 50.1 Å². The maximum atomic E-state index is 6.24. The van der Waals surface area contributed by atoms with Crippen LogP contribution in [0.4, 0.5) is 0 Å². The first-order valence-electron chi connectivity index (χ1n) is 6.75. The Morgan fingerprint density at radius 2 is 1.55 bits per heavy atom. The van der Waals surface area contributed by atoms with Crippen LogP contribution in [0.3, 0.4) is 0 Å². The van der Waals surface area contributed by atoms with Gasteiger partial charge in [-0.25, -0.2) is 0 Å². The van der Waals surface area contributed by atoms with Gasteiger partial charge in [0.1, 0.15) is 0 Å². The van der Waals surface area contributed by atoms with Gasteiger partial charge in [-0.2, -0.15) is 0 Å². The molecule has 0 fully saturated rings. The van der Waals surface area contributed by atoms with Gasteiger partial charge in [0.05, 0.1) is 0 Å². The molecule has 2 aromatic rings.